The Labute approximate surface area is 231 Å². The van der Waals surface area contributed by atoms with Crippen LogP contribution in [0, 0.1) is 0 Å². The number of hydrogen-bond donors (Lipinski definition) is 1. The van der Waals surface area contributed by atoms with Gasteiger partial charge in [-0.05, 0) is 84.9 Å². The van der Waals surface area contributed by atoms with Crippen LogP contribution >= 0.6 is 0 Å². The fourth-order valence-corrected chi connectivity index (χ4v) is 6.44. The molecule has 2 aromatic carbocycles. The van der Waals surface area contributed by atoms with E-state index >= 15 is 0 Å². The van der Waals surface area contributed by atoms with Crippen molar-refractivity contribution in [1.82, 2.24) is 0 Å². The first kappa shape index (κ1) is 31.3. The molecule has 2 nitrogen and oxygen atoms in total. The first-order valence-corrected chi connectivity index (χ1v) is 15.5. The van der Waals surface area contributed by atoms with Gasteiger partial charge in [-0.15, -0.1) is 0 Å². The molecule has 3 rings (SSSR count). The van der Waals surface area contributed by atoms with E-state index in [1.807, 2.05) is 12.1 Å². The van der Waals surface area contributed by atoms with E-state index in [4.69, 9.17) is 0 Å². The number of benzene rings is 2. The highest BCUT2D eigenvalue weighted by Gasteiger charge is 2.56. The van der Waals surface area contributed by atoms with E-state index in [9.17, 15) is 31.3 Å². The van der Waals surface area contributed by atoms with E-state index in [-0.39, 0.29) is 5.75 Å². The number of unbranched alkanes of at least 4 members (excludes halogenated alkanes) is 6. The average molecular weight is 571 g/mol. The number of allylic oxidation sites excluding steroid dienone is 2. The fraction of sp³-hybridized carbons (Fsp3) is 0.548. The zero-order valence-corrected chi connectivity index (χ0v) is 23.2. The molecule has 0 fully saturated rings. The zero-order chi connectivity index (χ0) is 28.3. The molecule has 0 spiro atoms. The number of hydrogen-bond acceptors (Lipinski definition) is 2. The monoisotopic (exact) mass is 570 g/mol. The van der Waals surface area contributed by atoms with Crippen molar-refractivity contribution in [1.29, 1.82) is 0 Å². The predicted molar refractivity (Wildman–Crippen MR) is 149 cm³/mol. The SMILES string of the molecule is O=S(CCCCCCCCCC1=C(c2ccccc2)CCCc2cc(O)ccc21)CCCC(F)(F)C(F)(F)F. The highest BCUT2D eigenvalue weighted by atomic mass is 32.2. The van der Waals surface area contributed by atoms with Crippen molar-refractivity contribution < 1.29 is 31.3 Å². The van der Waals surface area contributed by atoms with Crippen molar-refractivity contribution in [2.24, 2.45) is 0 Å². The third-order valence-corrected chi connectivity index (χ3v) is 8.84. The predicted octanol–water partition coefficient (Wildman–Crippen LogP) is 9.49. The fourth-order valence-electron chi connectivity index (χ4n) is 5.24. The Hall–Kier alpha value is -2.22. The normalized spacial score (nSPS) is 15.2. The highest BCUT2D eigenvalue weighted by molar-refractivity contribution is 7.84. The van der Waals surface area contributed by atoms with Crippen LogP contribution in [0.15, 0.2) is 48.5 Å². The molecule has 0 bridgehead atoms. The molecule has 0 aromatic heterocycles. The summed E-state index contributed by atoms with van der Waals surface area (Å²) in [6.07, 6.45) is 3.63. The minimum atomic E-state index is -5.54. The molecule has 0 radical (unpaired) electrons. The van der Waals surface area contributed by atoms with E-state index in [1.54, 1.807) is 6.07 Å². The number of fused-ring (bicyclic) bond motifs is 1. The minimum absolute atomic E-state index is 0.116. The molecule has 0 amide bonds. The van der Waals surface area contributed by atoms with Crippen molar-refractivity contribution in [3.63, 3.8) is 0 Å². The number of halogens is 5. The third-order valence-electron chi connectivity index (χ3n) is 7.35. The van der Waals surface area contributed by atoms with Gasteiger partial charge in [0.05, 0.1) is 0 Å². The van der Waals surface area contributed by atoms with Gasteiger partial charge >= 0.3 is 12.1 Å². The molecular formula is C31H39F5O2S. The summed E-state index contributed by atoms with van der Waals surface area (Å²) in [5.41, 5.74) is 6.50. The van der Waals surface area contributed by atoms with E-state index in [1.165, 1.54) is 27.8 Å². The molecule has 1 unspecified atom stereocenters. The molecule has 0 saturated heterocycles. The molecule has 0 saturated carbocycles. The van der Waals surface area contributed by atoms with Gasteiger partial charge in [-0.3, -0.25) is 4.21 Å². The van der Waals surface area contributed by atoms with Crippen molar-refractivity contribution in [3.8, 4) is 5.75 Å². The molecule has 8 heteroatoms. The number of phenols is 1. The Bertz CT molecular complexity index is 1100. The Kier molecular flexibility index (Phi) is 12.0. The van der Waals surface area contributed by atoms with Crippen LogP contribution in [-0.2, 0) is 17.2 Å². The Morgan fingerprint density at radius 2 is 1.41 bits per heavy atom. The number of aromatic hydroxyl groups is 1. The topological polar surface area (TPSA) is 37.3 Å². The molecular weight excluding hydrogens is 531 g/mol. The highest BCUT2D eigenvalue weighted by Crippen LogP contribution is 2.40. The Balaban J connectivity index is 1.38. The van der Waals surface area contributed by atoms with Gasteiger partial charge in [0.1, 0.15) is 5.75 Å². The van der Waals surface area contributed by atoms with Gasteiger partial charge in [-0.1, -0.05) is 68.5 Å². The van der Waals surface area contributed by atoms with Crippen LogP contribution in [0.3, 0.4) is 0 Å². The Morgan fingerprint density at radius 3 is 2.10 bits per heavy atom. The second-order valence-corrected chi connectivity index (χ2v) is 12.1. The van der Waals surface area contributed by atoms with Crippen LogP contribution in [-0.4, -0.2) is 32.9 Å². The summed E-state index contributed by atoms with van der Waals surface area (Å²) in [6, 6.07) is 16.3. The Morgan fingerprint density at radius 1 is 0.769 bits per heavy atom. The second-order valence-electron chi connectivity index (χ2n) is 10.4. The van der Waals surface area contributed by atoms with E-state index in [2.05, 4.69) is 30.3 Å². The van der Waals surface area contributed by atoms with E-state index in [0.717, 1.165) is 64.2 Å². The number of aryl methyl sites for hydroxylation is 1. The number of alkyl halides is 5. The van der Waals surface area contributed by atoms with Crippen LogP contribution in [0.2, 0.25) is 0 Å². The lowest BCUT2D eigenvalue weighted by Crippen LogP contribution is -2.36. The summed E-state index contributed by atoms with van der Waals surface area (Å²) in [7, 11) is -1.36. The maximum atomic E-state index is 12.9. The van der Waals surface area contributed by atoms with Gasteiger partial charge in [-0.2, -0.15) is 22.0 Å². The summed E-state index contributed by atoms with van der Waals surface area (Å²) in [4.78, 5) is 0. The van der Waals surface area contributed by atoms with E-state index < -0.39 is 35.7 Å². The molecule has 1 N–H and O–H groups in total. The van der Waals surface area contributed by atoms with E-state index in [0.29, 0.717) is 17.9 Å². The third kappa shape index (κ3) is 9.73. The molecule has 1 aliphatic carbocycles. The largest absolute Gasteiger partial charge is 0.508 e. The molecule has 0 heterocycles. The quantitative estimate of drug-likeness (QED) is 0.171. The summed E-state index contributed by atoms with van der Waals surface area (Å²) >= 11 is 0. The molecule has 2 aromatic rings. The zero-order valence-electron chi connectivity index (χ0n) is 22.4. The number of rotatable bonds is 15. The molecule has 1 aliphatic rings. The minimum Gasteiger partial charge on any atom is -0.508 e. The maximum absolute atomic E-state index is 12.9. The van der Waals surface area contributed by atoms with Crippen molar-refractivity contribution >= 4 is 21.9 Å². The second kappa shape index (κ2) is 15.0. The molecule has 1 atom stereocenters. The van der Waals surface area contributed by atoms with Crippen molar-refractivity contribution in [2.75, 3.05) is 11.5 Å². The lowest BCUT2D eigenvalue weighted by molar-refractivity contribution is -0.284. The number of phenolic OH excluding ortho intramolecular Hbond substituents is 1. The standard InChI is InChI=1S/C31H39F5O2S/c32-30(33,31(34,35)36)20-12-22-39(38)21-10-5-3-1-2-4-9-16-29-27(24-13-7-6-8-14-24)17-11-15-25-23-26(37)18-19-28(25)29/h6-8,13-14,18-19,23,37H,1-5,9-12,15-17,20-22H2. The summed E-state index contributed by atoms with van der Waals surface area (Å²) in [6.45, 7) is 0. The lowest BCUT2D eigenvalue weighted by atomic mass is 9.89. The van der Waals surface area contributed by atoms with Crippen LogP contribution in [0.5, 0.6) is 5.75 Å². The lowest BCUT2D eigenvalue weighted by Gasteiger charge is -2.19. The van der Waals surface area contributed by atoms with Crippen molar-refractivity contribution in [2.45, 2.75) is 95.6 Å². The average Bonchev–Trinajstić information content (AvgIpc) is 3.06. The first-order valence-electron chi connectivity index (χ1n) is 14.0. The summed E-state index contributed by atoms with van der Waals surface area (Å²) in [5.74, 6) is -4.17. The first-order chi connectivity index (χ1) is 18.6. The summed E-state index contributed by atoms with van der Waals surface area (Å²) in [5, 5.41) is 10.0. The van der Waals surface area contributed by atoms with Crippen LogP contribution < -0.4 is 0 Å². The molecule has 216 valence electrons. The van der Waals surface area contributed by atoms with Crippen LogP contribution in [0.4, 0.5) is 22.0 Å². The van der Waals surface area contributed by atoms with Crippen molar-refractivity contribution in [3.05, 3.63) is 65.2 Å². The van der Waals surface area contributed by atoms with Crippen LogP contribution in [0.25, 0.3) is 11.1 Å². The smallest absolute Gasteiger partial charge is 0.453 e. The van der Waals surface area contributed by atoms with Gasteiger partial charge in [0, 0.05) is 28.7 Å². The maximum Gasteiger partial charge on any atom is 0.453 e. The van der Waals surface area contributed by atoms with Gasteiger partial charge in [0.15, 0.2) is 0 Å². The van der Waals surface area contributed by atoms with Gasteiger partial charge < -0.3 is 5.11 Å². The molecule has 0 aliphatic heterocycles. The molecule has 39 heavy (non-hydrogen) atoms. The summed E-state index contributed by atoms with van der Waals surface area (Å²) < 4.78 is 74.4. The van der Waals surface area contributed by atoms with Gasteiger partial charge in [0.25, 0.3) is 0 Å². The van der Waals surface area contributed by atoms with Gasteiger partial charge in [-0.25, -0.2) is 0 Å². The van der Waals surface area contributed by atoms with Gasteiger partial charge in [0.2, 0.25) is 0 Å². The van der Waals surface area contributed by atoms with Crippen LogP contribution in [0.1, 0.15) is 93.7 Å².